The molecule has 0 aliphatic carbocycles. The van der Waals surface area contributed by atoms with E-state index in [9.17, 15) is 0 Å². The molecule has 0 N–H and O–H groups in total. The lowest BCUT2D eigenvalue weighted by atomic mass is 10.2. The van der Waals surface area contributed by atoms with Crippen molar-refractivity contribution in [2.75, 3.05) is 13.1 Å². The minimum atomic E-state index is 1.18. The van der Waals surface area contributed by atoms with Crippen molar-refractivity contribution in [3.63, 3.8) is 0 Å². The van der Waals surface area contributed by atoms with Crippen molar-refractivity contribution in [1.29, 1.82) is 0 Å². The van der Waals surface area contributed by atoms with E-state index in [0.29, 0.717) is 0 Å². The third-order valence-electron chi connectivity index (χ3n) is 1.04. The molecule has 0 aromatic rings. The Hall–Kier alpha value is -0.110. The third-order valence-corrected chi connectivity index (χ3v) is 1.34. The fraction of sp³-hybridized carbons (Fsp3) is 0.750. The average Bonchev–Trinajstić information content (AvgIpc) is 1.31. The van der Waals surface area contributed by atoms with Crippen molar-refractivity contribution in [3.8, 4) is 0 Å². The van der Waals surface area contributed by atoms with Crippen LogP contribution in [0.2, 0.25) is 0 Å². The van der Waals surface area contributed by atoms with Crippen LogP contribution in [0.5, 0.6) is 0 Å². The average molecular weight is 101 g/mol. The first-order chi connectivity index (χ1) is 2.93. The number of likely N-dealkylation sites (tertiary alicyclic amines) is 1. The zero-order valence-electron chi connectivity index (χ0n) is 3.55. The summed E-state index contributed by atoms with van der Waals surface area (Å²) in [5.41, 5.74) is 1.73. The zero-order valence-corrected chi connectivity index (χ0v) is 4.37. The summed E-state index contributed by atoms with van der Waals surface area (Å²) in [7, 11) is 0. The van der Waals surface area contributed by atoms with Gasteiger partial charge in [0.05, 0.1) is 5.49 Å². The monoisotopic (exact) mass is 101 g/mol. The molecule has 0 bridgehead atoms. The van der Waals surface area contributed by atoms with Crippen LogP contribution >= 0.6 is 12.2 Å². The van der Waals surface area contributed by atoms with Crippen LogP contribution in [0.3, 0.4) is 0 Å². The summed E-state index contributed by atoms with van der Waals surface area (Å²) in [6, 6.07) is 0. The Bertz CT molecular complexity index is 58.6. The lowest BCUT2D eigenvalue weighted by Gasteiger charge is -2.27. The second-order valence-corrected chi connectivity index (χ2v) is 1.71. The lowest BCUT2D eigenvalue weighted by molar-refractivity contribution is 0.314. The van der Waals surface area contributed by atoms with Crippen molar-refractivity contribution in [2.45, 2.75) is 6.42 Å². The summed E-state index contributed by atoms with van der Waals surface area (Å²) in [4.78, 5) is 2.12. The molecule has 0 unspecified atom stereocenters. The first kappa shape index (κ1) is 4.06. The van der Waals surface area contributed by atoms with Gasteiger partial charge in [-0.2, -0.15) is 0 Å². The summed E-state index contributed by atoms with van der Waals surface area (Å²) >= 11 is 4.63. The number of nitrogens with zero attached hydrogens (tertiary/aromatic N) is 1. The van der Waals surface area contributed by atoms with Crippen molar-refractivity contribution in [1.82, 2.24) is 4.90 Å². The van der Waals surface area contributed by atoms with E-state index in [1.807, 2.05) is 0 Å². The largest absolute Gasteiger partial charge is 0.369 e. The van der Waals surface area contributed by atoms with Crippen molar-refractivity contribution in [2.24, 2.45) is 0 Å². The number of thiocarbonyl (C=S) groups is 1. The van der Waals surface area contributed by atoms with Gasteiger partial charge in [0, 0.05) is 13.1 Å². The Morgan fingerprint density at radius 1 is 1.50 bits per heavy atom. The minimum absolute atomic E-state index is 1.18. The van der Waals surface area contributed by atoms with Crippen molar-refractivity contribution < 1.29 is 0 Å². The molecule has 1 aliphatic heterocycles. The molecule has 2 heteroatoms. The van der Waals surface area contributed by atoms with Crippen LogP contribution in [0.4, 0.5) is 0 Å². The first-order valence-corrected chi connectivity index (χ1v) is 2.60. The van der Waals surface area contributed by atoms with Crippen LogP contribution in [0.25, 0.3) is 0 Å². The number of rotatable bonds is 1. The highest BCUT2D eigenvalue weighted by Crippen LogP contribution is 2.00. The van der Waals surface area contributed by atoms with Gasteiger partial charge >= 0.3 is 0 Å². The van der Waals surface area contributed by atoms with E-state index in [1.54, 1.807) is 5.49 Å². The van der Waals surface area contributed by atoms with E-state index in [1.165, 1.54) is 19.5 Å². The van der Waals surface area contributed by atoms with E-state index < -0.39 is 0 Å². The molecule has 0 saturated carbocycles. The van der Waals surface area contributed by atoms with E-state index in [4.69, 9.17) is 0 Å². The number of hydrogen-bond donors (Lipinski definition) is 0. The standard InChI is InChI=1S/C4H7NS/c6-4-5-2-1-3-5/h4H,1-3H2. The minimum Gasteiger partial charge on any atom is -0.369 e. The molecule has 0 aromatic heterocycles. The van der Waals surface area contributed by atoms with Crippen LogP contribution in [0.15, 0.2) is 0 Å². The zero-order chi connectivity index (χ0) is 4.41. The lowest BCUT2D eigenvalue weighted by Crippen LogP contribution is -2.34. The molecule has 1 nitrogen and oxygen atoms in total. The summed E-state index contributed by atoms with van der Waals surface area (Å²) in [6.45, 7) is 2.37. The fourth-order valence-electron chi connectivity index (χ4n) is 0.446. The van der Waals surface area contributed by atoms with E-state index in [2.05, 4.69) is 17.1 Å². The predicted octanol–water partition coefficient (Wildman–Crippen LogP) is 0.649. The van der Waals surface area contributed by atoms with Gasteiger partial charge in [-0.05, 0) is 6.42 Å². The van der Waals surface area contributed by atoms with Crippen LogP contribution < -0.4 is 0 Å². The van der Waals surface area contributed by atoms with Crippen molar-refractivity contribution in [3.05, 3.63) is 0 Å². The van der Waals surface area contributed by atoms with Gasteiger partial charge in [-0.25, -0.2) is 0 Å². The Kier molecular flexibility index (Phi) is 1.05. The third kappa shape index (κ3) is 0.522. The van der Waals surface area contributed by atoms with Gasteiger partial charge in [-0.15, -0.1) is 0 Å². The van der Waals surface area contributed by atoms with Gasteiger partial charge in [0.15, 0.2) is 0 Å². The highest BCUT2D eigenvalue weighted by Gasteiger charge is 2.06. The number of hydrogen-bond acceptors (Lipinski definition) is 1. The quantitative estimate of drug-likeness (QED) is 0.446. The first-order valence-electron chi connectivity index (χ1n) is 2.13. The molecule has 0 aromatic carbocycles. The summed E-state index contributed by atoms with van der Waals surface area (Å²) in [5.74, 6) is 0. The molecule has 0 radical (unpaired) electrons. The molecular weight excluding hydrogens is 94.1 g/mol. The Morgan fingerprint density at radius 3 is 2.17 bits per heavy atom. The van der Waals surface area contributed by atoms with Crippen LogP contribution in [0.1, 0.15) is 6.42 Å². The maximum atomic E-state index is 4.63. The molecule has 0 atom stereocenters. The molecule has 1 fully saturated rings. The van der Waals surface area contributed by atoms with E-state index in [-0.39, 0.29) is 0 Å². The van der Waals surface area contributed by atoms with Gasteiger partial charge in [0.1, 0.15) is 0 Å². The van der Waals surface area contributed by atoms with Crippen LogP contribution in [0, 0.1) is 0 Å². The Labute approximate surface area is 42.9 Å². The van der Waals surface area contributed by atoms with E-state index in [0.717, 1.165) is 0 Å². The van der Waals surface area contributed by atoms with Gasteiger partial charge in [-0.3, -0.25) is 0 Å². The molecule has 0 amide bonds. The summed E-state index contributed by atoms with van der Waals surface area (Å²) < 4.78 is 0. The molecule has 1 heterocycles. The van der Waals surface area contributed by atoms with Crippen LogP contribution in [-0.4, -0.2) is 23.5 Å². The Morgan fingerprint density at radius 2 is 2.17 bits per heavy atom. The normalized spacial score (nSPS) is 19.7. The molecule has 34 valence electrons. The second-order valence-electron chi connectivity index (χ2n) is 1.49. The molecule has 1 aliphatic rings. The smallest absolute Gasteiger partial charge is 0.0640 e. The highest BCUT2D eigenvalue weighted by molar-refractivity contribution is 7.78. The molecular formula is C4H7NS. The maximum absolute atomic E-state index is 4.63. The SMILES string of the molecule is S=CN1CCC1. The molecule has 1 rings (SSSR count). The van der Waals surface area contributed by atoms with Crippen LogP contribution in [-0.2, 0) is 0 Å². The summed E-state index contributed by atoms with van der Waals surface area (Å²) in [6.07, 6.45) is 1.33. The van der Waals surface area contributed by atoms with Gasteiger partial charge in [-0.1, -0.05) is 12.2 Å². The second kappa shape index (κ2) is 1.56. The Balaban J connectivity index is 2.16. The molecule has 0 spiro atoms. The van der Waals surface area contributed by atoms with E-state index >= 15 is 0 Å². The maximum Gasteiger partial charge on any atom is 0.0640 e. The fourth-order valence-corrected chi connectivity index (χ4v) is 0.657. The molecule has 1 saturated heterocycles. The molecule has 6 heavy (non-hydrogen) atoms. The van der Waals surface area contributed by atoms with Crippen molar-refractivity contribution >= 4 is 17.7 Å². The van der Waals surface area contributed by atoms with Gasteiger partial charge < -0.3 is 4.90 Å². The topological polar surface area (TPSA) is 3.24 Å². The predicted molar refractivity (Wildman–Crippen MR) is 29.8 cm³/mol. The summed E-state index contributed by atoms with van der Waals surface area (Å²) in [5, 5.41) is 0. The van der Waals surface area contributed by atoms with Gasteiger partial charge in [0.2, 0.25) is 0 Å². The van der Waals surface area contributed by atoms with Gasteiger partial charge in [0.25, 0.3) is 0 Å². The highest BCUT2D eigenvalue weighted by atomic mass is 32.1.